The minimum absolute atomic E-state index is 0.0945. The Morgan fingerprint density at radius 3 is 2.75 bits per heavy atom. The van der Waals surface area contributed by atoms with Crippen molar-refractivity contribution in [2.45, 2.75) is 26.3 Å². The van der Waals surface area contributed by atoms with Gasteiger partial charge in [0.15, 0.2) is 0 Å². The summed E-state index contributed by atoms with van der Waals surface area (Å²) in [5.74, 6) is -0.840. The molecule has 2 nitrogen and oxygen atoms in total. The number of nitrogens with one attached hydrogen (secondary N) is 1. The van der Waals surface area contributed by atoms with E-state index < -0.39 is 5.82 Å². The molecule has 0 spiro atoms. The molecule has 1 aromatic carbocycles. The van der Waals surface area contributed by atoms with Gasteiger partial charge in [-0.25, -0.2) is 4.39 Å². The molecule has 0 aromatic heterocycles. The standard InChI is InChI=1S/C12H13BrFNO/c1-12(2)6-9(12)15-11(16)7-4-3-5-8(13)10(7)14/h3-5,9H,6H2,1-2H3,(H,15,16). The number of carbonyl (C=O) groups excluding carboxylic acids is 1. The van der Waals surface area contributed by atoms with Crippen molar-refractivity contribution in [1.29, 1.82) is 0 Å². The Kier molecular flexibility index (Phi) is 2.78. The van der Waals surface area contributed by atoms with E-state index in [0.29, 0.717) is 4.47 Å². The highest BCUT2D eigenvalue weighted by molar-refractivity contribution is 9.10. The first kappa shape index (κ1) is 11.6. The van der Waals surface area contributed by atoms with E-state index in [9.17, 15) is 9.18 Å². The molecule has 1 aliphatic rings. The largest absolute Gasteiger partial charge is 0.349 e. The average molecular weight is 286 g/mol. The number of hydrogen-bond donors (Lipinski definition) is 1. The summed E-state index contributed by atoms with van der Waals surface area (Å²) in [7, 11) is 0. The number of amides is 1. The van der Waals surface area contributed by atoms with Gasteiger partial charge < -0.3 is 5.32 Å². The normalized spacial score (nSPS) is 21.6. The van der Waals surface area contributed by atoms with Crippen molar-refractivity contribution in [2.75, 3.05) is 0 Å². The third-order valence-electron chi connectivity index (χ3n) is 3.01. The quantitative estimate of drug-likeness (QED) is 0.889. The molecule has 4 heteroatoms. The summed E-state index contributed by atoms with van der Waals surface area (Å²) in [5, 5.41) is 2.83. The summed E-state index contributed by atoms with van der Waals surface area (Å²) in [6, 6.07) is 4.89. The fourth-order valence-corrected chi connectivity index (χ4v) is 1.99. The highest BCUT2D eigenvalue weighted by Gasteiger charge is 2.46. The molecule has 1 fully saturated rings. The Labute approximate surface area is 102 Å². The van der Waals surface area contributed by atoms with Crippen molar-refractivity contribution < 1.29 is 9.18 Å². The third-order valence-corrected chi connectivity index (χ3v) is 3.63. The predicted octanol–water partition coefficient (Wildman–Crippen LogP) is 3.12. The first-order valence-corrected chi connectivity index (χ1v) is 5.96. The molecular formula is C12H13BrFNO. The molecule has 16 heavy (non-hydrogen) atoms. The van der Waals surface area contributed by atoms with Gasteiger partial charge >= 0.3 is 0 Å². The van der Waals surface area contributed by atoms with Crippen molar-refractivity contribution in [3.05, 3.63) is 34.1 Å². The van der Waals surface area contributed by atoms with Crippen LogP contribution in [0.5, 0.6) is 0 Å². The second kappa shape index (κ2) is 3.84. The third kappa shape index (κ3) is 2.12. The number of rotatable bonds is 2. The predicted molar refractivity (Wildman–Crippen MR) is 63.8 cm³/mol. The monoisotopic (exact) mass is 285 g/mol. The highest BCUT2D eigenvalue weighted by atomic mass is 79.9. The van der Waals surface area contributed by atoms with Crippen LogP contribution >= 0.6 is 15.9 Å². The average Bonchev–Trinajstić information content (AvgIpc) is 2.78. The van der Waals surface area contributed by atoms with E-state index in [1.54, 1.807) is 12.1 Å². The number of hydrogen-bond acceptors (Lipinski definition) is 1. The van der Waals surface area contributed by atoms with Crippen molar-refractivity contribution in [3.8, 4) is 0 Å². The first-order valence-electron chi connectivity index (χ1n) is 5.17. The summed E-state index contributed by atoms with van der Waals surface area (Å²) < 4.78 is 13.9. The molecule has 0 heterocycles. The van der Waals surface area contributed by atoms with Crippen LogP contribution in [0.3, 0.4) is 0 Å². The summed E-state index contributed by atoms with van der Waals surface area (Å²) >= 11 is 3.06. The molecule has 1 aromatic rings. The molecule has 86 valence electrons. The molecule has 1 amide bonds. The van der Waals surface area contributed by atoms with E-state index in [1.165, 1.54) is 6.07 Å². The van der Waals surface area contributed by atoms with Gasteiger partial charge in [-0.2, -0.15) is 0 Å². The molecule has 1 saturated carbocycles. The van der Waals surface area contributed by atoms with E-state index in [2.05, 4.69) is 35.1 Å². The van der Waals surface area contributed by atoms with Crippen molar-refractivity contribution in [2.24, 2.45) is 5.41 Å². The Morgan fingerprint density at radius 2 is 2.19 bits per heavy atom. The van der Waals surface area contributed by atoms with Crippen LogP contribution in [0.15, 0.2) is 22.7 Å². The molecule has 0 saturated heterocycles. The lowest BCUT2D eigenvalue weighted by Crippen LogP contribution is -2.29. The Bertz CT molecular complexity index is 445. The van der Waals surface area contributed by atoms with Crippen LogP contribution in [0.25, 0.3) is 0 Å². The number of halogens is 2. The summed E-state index contributed by atoms with van der Waals surface area (Å²) in [4.78, 5) is 11.8. The topological polar surface area (TPSA) is 29.1 Å². The maximum atomic E-state index is 13.6. The van der Waals surface area contributed by atoms with Crippen LogP contribution in [0.2, 0.25) is 0 Å². The van der Waals surface area contributed by atoms with Gasteiger partial charge in [0.05, 0.1) is 10.0 Å². The minimum atomic E-state index is -0.501. The van der Waals surface area contributed by atoms with Gasteiger partial charge in [0.1, 0.15) is 5.82 Å². The van der Waals surface area contributed by atoms with E-state index in [4.69, 9.17) is 0 Å². The molecule has 0 radical (unpaired) electrons. The Morgan fingerprint density at radius 1 is 1.56 bits per heavy atom. The van der Waals surface area contributed by atoms with Crippen LogP contribution in [-0.2, 0) is 0 Å². The molecule has 1 atom stereocenters. The first-order chi connectivity index (χ1) is 7.42. The number of carbonyl (C=O) groups is 1. The van der Waals surface area contributed by atoms with Crippen LogP contribution in [0, 0.1) is 11.2 Å². The molecule has 2 rings (SSSR count). The van der Waals surface area contributed by atoms with Gasteiger partial charge in [-0.3, -0.25) is 4.79 Å². The van der Waals surface area contributed by atoms with E-state index in [-0.39, 0.29) is 22.9 Å². The Balaban J connectivity index is 2.13. The van der Waals surface area contributed by atoms with Crippen molar-refractivity contribution in [1.82, 2.24) is 5.32 Å². The van der Waals surface area contributed by atoms with E-state index in [1.807, 2.05) is 0 Å². The van der Waals surface area contributed by atoms with Crippen molar-refractivity contribution in [3.63, 3.8) is 0 Å². The molecule has 1 unspecified atom stereocenters. The lowest BCUT2D eigenvalue weighted by molar-refractivity contribution is 0.0942. The smallest absolute Gasteiger partial charge is 0.254 e. The minimum Gasteiger partial charge on any atom is -0.349 e. The van der Waals surface area contributed by atoms with Gasteiger partial charge in [0.25, 0.3) is 5.91 Å². The zero-order valence-electron chi connectivity index (χ0n) is 9.18. The van der Waals surface area contributed by atoms with Crippen LogP contribution in [0.1, 0.15) is 30.6 Å². The lowest BCUT2D eigenvalue weighted by Gasteiger charge is -2.08. The van der Waals surface area contributed by atoms with Crippen LogP contribution in [-0.4, -0.2) is 11.9 Å². The summed E-state index contributed by atoms with van der Waals surface area (Å²) in [6.45, 7) is 4.16. The highest BCUT2D eigenvalue weighted by Crippen LogP contribution is 2.44. The summed E-state index contributed by atoms with van der Waals surface area (Å²) in [6.07, 6.45) is 0.953. The van der Waals surface area contributed by atoms with E-state index >= 15 is 0 Å². The lowest BCUT2D eigenvalue weighted by atomic mass is 10.1. The maximum absolute atomic E-state index is 13.6. The molecule has 1 aliphatic carbocycles. The fraction of sp³-hybridized carbons (Fsp3) is 0.417. The summed E-state index contributed by atoms with van der Waals surface area (Å²) in [5.41, 5.74) is 0.245. The van der Waals surface area contributed by atoms with Gasteiger partial charge in [0, 0.05) is 6.04 Å². The van der Waals surface area contributed by atoms with Crippen LogP contribution < -0.4 is 5.32 Å². The zero-order valence-corrected chi connectivity index (χ0v) is 10.8. The van der Waals surface area contributed by atoms with Gasteiger partial charge in [0.2, 0.25) is 0 Å². The van der Waals surface area contributed by atoms with Gasteiger partial charge in [-0.15, -0.1) is 0 Å². The molecule has 0 bridgehead atoms. The van der Waals surface area contributed by atoms with Crippen molar-refractivity contribution >= 4 is 21.8 Å². The zero-order chi connectivity index (χ0) is 11.9. The molecule has 0 aliphatic heterocycles. The second-order valence-electron chi connectivity index (χ2n) is 4.82. The fourth-order valence-electron chi connectivity index (χ4n) is 1.63. The van der Waals surface area contributed by atoms with Crippen LogP contribution in [0.4, 0.5) is 4.39 Å². The van der Waals surface area contributed by atoms with E-state index in [0.717, 1.165) is 6.42 Å². The molecular weight excluding hydrogens is 273 g/mol. The second-order valence-corrected chi connectivity index (χ2v) is 5.67. The Hall–Kier alpha value is -0.900. The maximum Gasteiger partial charge on any atom is 0.254 e. The van der Waals surface area contributed by atoms with Gasteiger partial charge in [-0.1, -0.05) is 19.9 Å². The number of benzene rings is 1. The molecule has 1 N–H and O–H groups in total. The van der Waals surface area contributed by atoms with Gasteiger partial charge in [-0.05, 0) is 39.9 Å². The SMILES string of the molecule is CC1(C)CC1NC(=O)c1cccc(Br)c1F.